The summed E-state index contributed by atoms with van der Waals surface area (Å²) in [5, 5.41) is 2.95. The van der Waals surface area contributed by atoms with Crippen molar-refractivity contribution in [3.63, 3.8) is 0 Å². The predicted molar refractivity (Wildman–Crippen MR) is 121 cm³/mol. The van der Waals surface area contributed by atoms with Gasteiger partial charge < -0.3 is 19.7 Å². The molecule has 1 aliphatic rings. The van der Waals surface area contributed by atoms with Crippen LogP contribution in [0, 0.1) is 0 Å². The average Bonchev–Trinajstić information content (AvgIpc) is 2.83. The van der Waals surface area contributed by atoms with Gasteiger partial charge >= 0.3 is 0 Å². The van der Waals surface area contributed by atoms with Crippen molar-refractivity contribution in [3.05, 3.63) is 65.2 Å². The summed E-state index contributed by atoms with van der Waals surface area (Å²) in [4.78, 5) is 27.4. The molecule has 1 aliphatic heterocycles. The average molecular weight is 425 g/mol. The molecule has 0 unspecified atom stereocenters. The second-order valence-electron chi connectivity index (χ2n) is 7.75. The summed E-state index contributed by atoms with van der Waals surface area (Å²) in [5.41, 5.74) is 2.43. The summed E-state index contributed by atoms with van der Waals surface area (Å²) in [6, 6.07) is 15.0. The molecule has 0 saturated carbocycles. The van der Waals surface area contributed by atoms with Crippen LogP contribution in [0.4, 0.5) is 0 Å². The normalized spacial score (nSPS) is 16.1. The molecule has 0 bridgehead atoms. The molecule has 2 aromatic carbocycles. The summed E-state index contributed by atoms with van der Waals surface area (Å²) >= 11 is 0. The minimum absolute atomic E-state index is 0.0375. The fourth-order valence-corrected chi connectivity index (χ4v) is 3.91. The number of carbonyl (C=O) groups excluding carboxylic acids is 2. The fourth-order valence-electron chi connectivity index (χ4n) is 3.91. The molecule has 3 rings (SSSR count). The summed E-state index contributed by atoms with van der Waals surface area (Å²) in [6.07, 6.45) is 2.75. The molecule has 0 spiro atoms. The van der Waals surface area contributed by atoms with Crippen molar-refractivity contribution in [1.82, 2.24) is 10.2 Å². The van der Waals surface area contributed by atoms with Crippen LogP contribution in [-0.2, 0) is 4.74 Å². The van der Waals surface area contributed by atoms with E-state index in [4.69, 9.17) is 9.47 Å². The van der Waals surface area contributed by atoms with E-state index in [0.29, 0.717) is 37.4 Å². The molecule has 6 heteroatoms. The first-order valence-corrected chi connectivity index (χ1v) is 11.0. The first-order valence-electron chi connectivity index (χ1n) is 11.0. The number of hydrogen-bond acceptors (Lipinski definition) is 4. The maximum Gasteiger partial charge on any atom is 0.253 e. The highest BCUT2D eigenvalue weighted by Crippen LogP contribution is 2.28. The van der Waals surface area contributed by atoms with Crippen LogP contribution in [0.1, 0.15) is 58.4 Å². The molecule has 2 amide bonds. The third-order valence-electron chi connectivity index (χ3n) is 5.62. The van der Waals surface area contributed by atoms with Crippen molar-refractivity contribution in [2.75, 3.05) is 40.0 Å². The van der Waals surface area contributed by atoms with Crippen LogP contribution in [0.25, 0.3) is 0 Å². The molecule has 166 valence electrons. The Morgan fingerprint density at radius 2 is 1.94 bits per heavy atom. The molecular formula is C25H32N2O4. The number of hydrogen-bond donors (Lipinski definition) is 1. The van der Waals surface area contributed by atoms with Gasteiger partial charge in [0.2, 0.25) is 0 Å². The lowest BCUT2D eigenvalue weighted by Gasteiger charge is -2.33. The maximum absolute atomic E-state index is 13.0. The van der Waals surface area contributed by atoms with Crippen molar-refractivity contribution in [3.8, 4) is 5.75 Å². The molecule has 1 N–H and O–H groups in total. The molecule has 0 aliphatic carbocycles. The quantitative estimate of drug-likeness (QED) is 0.621. The van der Waals surface area contributed by atoms with Gasteiger partial charge in [-0.1, -0.05) is 12.1 Å². The third kappa shape index (κ3) is 6.31. The van der Waals surface area contributed by atoms with Gasteiger partial charge in [0, 0.05) is 49.9 Å². The van der Waals surface area contributed by atoms with Gasteiger partial charge in [-0.3, -0.25) is 9.59 Å². The lowest BCUT2D eigenvalue weighted by molar-refractivity contribution is 0.0706. The highest BCUT2D eigenvalue weighted by atomic mass is 16.5. The van der Waals surface area contributed by atoms with Crippen LogP contribution >= 0.6 is 0 Å². The SMILES string of the molecule is CCOCCCNC(=O)c1cccc([C@@H]2CCCN(C(=O)c3ccc(OC)cc3)C2)c1. The largest absolute Gasteiger partial charge is 0.497 e. The second-order valence-corrected chi connectivity index (χ2v) is 7.75. The molecule has 1 heterocycles. The van der Waals surface area contributed by atoms with Crippen molar-refractivity contribution >= 4 is 11.8 Å². The molecule has 6 nitrogen and oxygen atoms in total. The first kappa shape index (κ1) is 22.8. The van der Waals surface area contributed by atoms with E-state index < -0.39 is 0 Å². The molecule has 1 saturated heterocycles. The van der Waals surface area contributed by atoms with E-state index in [1.807, 2.05) is 42.2 Å². The van der Waals surface area contributed by atoms with Gasteiger partial charge in [-0.15, -0.1) is 0 Å². The van der Waals surface area contributed by atoms with Gasteiger partial charge in [0.05, 0.1) is 7.11 Å². The number of benzene rings is 2. The minimum atomic E-state index is -0.0691. The topological polar surface area (TPSA) is 67.9 Å². The van der Waals surface area contributed by atoms with Crippen LogP contribution in [0.15, 0.2) is 48.5 Å². The van der Waals surface area contributed by atoms with Gasteiger partial charge in [-0.25, -0.2) is 0 Å². The van der Waals surface area contributed by atoms with Crippen LogP contribution in [0.3, 0.4) is 0 Å². The number of carbonyl (C=O) groups is 2. The number of nitrogens with zero attached hydrogens (tertiary/aromatic N) is 1. The Morgan fingerprint density at radius 1 is 1.13 bits per heavy atom. The van der Waals surface area contributed by atoms with Gasteiger partial charge in [-0.05, 0) is 68.1 Å². The van der Waals surface area contributed by atoms with E-state index in [1.54, 1.807) is 19.2 Å². The monoisotopic (exact) mass is 424 g/mol. The van der Waals surface area contributed by atoms with E-state index >= 15 is 0 Å². The highest BCUT2D eigenvalue weighted by molar-refractivity contribution is 5.95. The highest BCUT2D eigenvalue weighted by Gasteiger charge is 2.26. The van der Waals surface area contributed by atoms with Crippen molar-refractivity contribution < 1.29 is 19.1 Å². The Kier molecular flexibility index (Phi) is 8.47. The maximum atomic E-state index is 13.0. The van der Waals surface area contributed by atoms with Gasteiger partial charge in [0.25, 0.3) is 11.8 Å². The summed E-state index contributed by atoms with van der Waals surface area (Å²) in [6.45, 7) is 5.30. The smallest absolute Gasteiger partial charge is 0.253 e. The number of methoxy groups -OCH3 is 1. The first-order chi connectivity index (χ1) is 15.1. The lowest BCUT2D eigenvalue weighted by atomic mass is 9.89. The van der Waals surface area contributed by atoms with E-state index in [1.165, 1.54) is 0 Å². The van der Waals surface area contributed by atoms with Crippen LogP contribution in [-0.4, -0.2) is 56.7 Å². The summed E-state index contributed by atoms with van der Waals surface area (Å²) in [5.74, 6) is 0.929. The summed E-state index contributed by atoms with van der Waals surface area (Å²) in [7, 11) is 1.61. The van der Waals surface area contributed by atoms with Gasteiger partial charge in [-0.2, -0.15) is 0 Å². The zero-order valence-electron chi connectivity index (χ0n) is 18.4. The molecule has 1 fully saturated rings. The standard InChI is InChI=1S/C25H32N2O4/c1-3-31-16-6-14-26-24(28)21-8-4-7-20(17-21)22-9-5-15-27(18-22)25(29)19-10-12-23(30-2)13-11-19/h4,7-8,10-13,17,22H,3,5-6,9,14-16,18H2,1-2H3,(H,26,28)/t22-/m1/s1. The Balaban J connectivity index is 1.61. The zero-order chi connectivity index (χ0) is 22.1. The zero-order valence-corrected chi connectivity index (χ0v) is 18.4. The predicted octanol–water partition coefficient (Wildman–Crippen LogP) is 3.87. The molecule has 0 radical (unpaired) electrons. The molecule has 2 aromatic rings. The van der Waals surface area contributed by atoms with E-state index in [0.717, 1.165) is 37.1 Å². The lowest BCUT2D eigenvalue weighted by Crippen LogP contribution is -2.39. The van der Waals surface area contributed by atoms with Crippen LogP contribution in [0.5, 0.6) is 5.75 Å². The molecule has 1 atom stereocenters. The van der Waals surface area contributed by atoms with Crippen LogP contribution in [0.2, 0.25) is 0 Å². The van der Waals surface area contributed by atoms with Crippen molar-refractivity contribution in [2.24, 2.45) is 0 Å². The number of nitrogens with one attached hydrogen (secondary N) is 1. The van der Waals surface area contributed by atoms with Gasteiger partial charge in [0.1, 0.15) is 5.75 Å². The fraction of sp³-hybridized carbons (Fsp3) is 0.440. The number of likely N-dealkylation sites (tertiary alicyclic amines) is 1. The molecule has 31 heavy (non-hydrogen) atoms. The third-order valence-corrected chi connectivity index (χ3v) is 5.62. The summed E-state index contributed by atoms with van der Waals surface area (Å²) < 4.78 is 10.5. The number of amides is 2. The van der Waals surface area contributed by atoms with Gasteiger partial charge in [0.15, 0.2) is 0 Å². The second kappa shape index (κ2) is 11.5. The van der Waals surface area contributed by atoms with Crippen molar-refractivity contribution in [1.29, 1.82) is 0 Å². The Hall–Kier alpha value is -2.86. The number of piperidine rings is 1. The Labute approximate surface area is 184 Å². The Bertz CT molecular complexity index is 866. The van der Waals surface area contributed by atoms with E-state index in [-0.39, 0.29) is 17.7 Å². The molecular weight excluding hydrogens is 392 g/mol. The van der Waals surface area contributed by atoms with Crippen LogP contribution < -0.4 is 10.1 Å². The minimum Gasteiger partial charge on any atom is -0.497 e. The van der Waals surface area contributed by atoms with Crippen molar-refractivity contribution in [2.45, 2.75) is 32.1 Å². The Morgan fingerprint density at radius 3 is 2.68 bits per heavy atom. The number of ether oxygens (including phenoxy) is 2. The number of rotatable bonds is 9. The van der Waals surface area contributed by atoms with E-state index in [2.05, 4.69) is 11.4 Å². The molecule has 0 aromatic heterocycles. The van der Waals surface area contributed by atoms with E-state index in [9.17, 15) is 9.59 Å².